The number of aryl methyl sites for hydroxylation is 2. The van der Waals surface area contributed by atoms with Crippen LogP contribution in [0.25, 0.3) is 0 Å². The van der Waals surface area contributed by atoms with E-state index < -0.39 is 0 Å². The van der Waals surface area contributed by atoms with Crippen LogP contribution in [0, 0.1) is 6.92 Å². The molecule has 1 aromatic carbocycles. The maximum absolute atomic E-state index is 12.4. The largest absolute Gasteiger partial charge is 0.342 e. The Labute approximate surface area is 163 Å². The molecular formula is C19H24ClN5O2. The Morgan fingerprint density at radius 3 is 2.52 bits per heavy atom. The fourth-order valence-electron chi connectivity index (χ4n) is 3.20. The fourth-order valence-corrected chi connectivity index (χ4v) is 3.40. The second kappa shape index (κ2) is 8.54. The Kier molecular flexibility index (Phi) is 6.13. The molecule has 2 heterocycles. The molecule has 2 aromatic rings. The summed E-state index contributed by atoms with van der Waals surface area (Å²) in [6.07, 6.45) is 0. The van der Waals surface area contributed by atoms with Crippen molar-refractivity contribution in [3.05, 3.63) is 52.3 Å². The Morgan fingerprint density at radius 1 is 1.19 bits per heavy atom. The van der Waals surface area contributed by atoms with Crippen LogP contribution in [0.2, 0.25) is 5.02 Å². The number of nitrogens with zero attached hydrogens (tertiary/aromatic N) is 4. The van der Waals surface area contributed by atoms with Gasteiger partial charge in [-0.15, -0.1) is 0 Å². The Bertz CT molecular complexity index is 827. The van der Waals surface area contributed by atoms with E-state index in [1.807, 2.05) is 31.2 Å². The van der Waals surface area contributed by atoms with Crippen molar-refractivity contribution in [3.8, 4) is 0 Å². The van der Waals surface area contributed by atoms with Crippen LogP contribution in [-0.4, -0.2) is 64.1 Å². The van der Waals surface area contributed by atoms with Crippen LogP contribution in [0.3, 0.4) is 0 Å². The second-order valence-corrected chi connectivity index (χ2v) is 7.13. The summed E-state index contributed by atoms with van der Waals surface area (Å²) in [5.74, 6) is -0.358. The van der Waals surface area contributed by atoms with E-state index in [4.69, 9.17) is 11.6 Å². The molecule has 1 aliphatic rings. The van der Waals surface area contributed by atoms with Gasteiger partial charge in [0.05, 0.1) is 12.2 Å². The number of rotatable bonds is 5. The molecule has 144 valence electrons. The van der Waals surface area contributed by atoms with Crippen LogP contribution >= 0.6 is 11.6 Å². The van der Waals surface area contributed by atoms with Gasteiger partial charge in [-0.1, -0.05) is 29.8 Å². The molecule has 0 atom stereocenters. The first-order chi connectivity index (χ1) is 12.9. The molecule has 8 heteroatoms. The molecule has 7 nitrogen and oxygen atoms in total. The highest BCUT2D eigenvalue weighted by atomic mass is 35.5. The van der Waals surface area contributed by atoms with Crippen LogP contribution in [0.15, 0.2) is 30.3 Å². The van der Waals surface area contributed by atoms with Gasteiger partial charge in [0.15, 0.2) is 0 Å². The molecule has 0 saturated carbocycles. The normalized spacial score (nSPS) is 15.0. The van der Waals surface area contributed by atoms with E-state index in [1.54, 1.807) is 18.0 Å². The zero-order chi connectivity index (χ0) is 19.4. The molecular weight excluding hydrogens is 366 g/mol. The van der Waals surface area contributed by atoms with Gasteiger partial charge in [0.25, 0.3) is 5.91 Å². The van der Waals surface area contributed by atoms with Gasteiger partial charge in [-0.3, -0.25) is 19.2 Å². The molecule has 1 saturated heterocycles. The van der Waals surface area contributed by atoms with Crippen LogP contribution < -0.4 is 5.32 Å². The van der Waals surface area contributed by atoms with Crippen LogP contribution in [0.1, 0.15) is 21.7 Å². The molecule has 0 bridgehead atoms. The summed E-state index contributed by atoms with van der Waals surface area (Å²) in [6.45, 7) is 5.45. The van der Waals surface area contributed by atoms with Crippen LogP contribution in [0.5, 0.6) is 0 Å². The van der Waals surface area contributed by atoms with Crippen LogP contribution in [0.4, 0.5) is 0 Å². The van der Waals surface area contributed by atoms with Crippen molar-refractivity contribution < 1.29 is 9.59 Å². The first kappa shape index (κ1) is 19.4. The average molecular weight is 390 g/mol. The van der Waals surface area contributed by atoms with Gasteiger partial charge in [-0.25, -0.2) is 0 Å². The number of halogens is 1. The van der Waals surface area contributed by atoms with Gasteiger partial charge in [0.1, 0.15) is 5.69 Å². The zero-order valence-electron chi connectivity index (χ0n) is 15.6. The molecule has 1 aromatic heterocycles. The molecule has 2 amide bonds. The van der Waals surface area contributed by atoms with Crippen molar-refractivity contribution in [1.29, 1.82) is 0 Å². The highest BCUT2D eigenvalue weighted by molar-refractivity contribution is 6.31. The molecule has 1 aliphatic heterocycles. The molecule has 27 heavy (non-hydrogen) atoms. The van der Waals surface area contributed by atoms with Crippen molar-refractivity contribution >= 4 is 23.4 Å². The second-order valence-electron chi connectivity index (χ2n) is 6.73. The van der Waals surface area contributed by atoms with Gasteiger partial charge in [-0.05, 0) is 24.6 Å². The maximum Gasteiger partial charge on any atom is 0.269 e. The summed E-state index contributed by atoms with van der Waals surface area (Å²) >= 11 is 6.22. The monoisotopic (exact) mass is 389 g/mol. The van der Waals surface area contributed by atoms with Gasteiger partial charge in [0.2, 0.25) is 5.91 Å². The predicted molar refractivity (Wildman–Crippen MR) is 104 cm³/mol. The smallest absolute Gasteiger partial charge is 0.269 e. The number of benzene rings is 1. The first-order valence-corrected chi connectivity index (χ1v) is 9.34. The molecule has 1 N–H and O–H groups in total. The number of aromatic nitrogens is 2. The fraction of sp³-hybridized carbons (Fsp3) is 0.421. The van der Waals surface area contributed by atoms with Crippen molar-refractivity contribution in [2.75, 3.05) is 32.7 Å². The van der Waals surface area contributed by atoms with E-state index in [1.165, 1.54) is 4.68 Å². The number of carbonyl (C=O) groups excluding carboxylic acids is 2. The summed E-state index contributed by atoms with van der Waals surface area (Å²) < 4.78 is 1.52. The van der Waals surface area contributed by atoms with E-state index in [0.717, 1.165) is 35.9 Å². The summed E-state index contributed by atoms with van der Waals surface area (Å²) in [4.78, 5) is 28.7. The maximum atomic E-state index is 12.4. The quantitative estimate of drug-likeness (QED) is 0.840. The Morgan fingerprint density at radius 2 is 1.89 bits per heavy atom. The minimum absolute atomic E-state index is 0.00637. The van der Waals surface area contributed by atoms with Gasteiger partial charge >= 0.3 is 0 Å². The highest BCUT2D eigenvalue weighted by Gasteiger charge is 2.22. The lowest BCUT2D eigenvalue weighted by atomic mass is 10.2. The zero-order valence-corrected chi connectivity index (χ0v) is 16.4. The molecule has 3 rings (SSSR count). The lowest BCUT2D eigenvalue weighted by Crippen LogP contribution is -2.50. The van der Waals surface area contributed by atoms with Crippen molar-refractivity contribution in [2.24, 2.45) is 7.05 Å². The lowest BCUT2D eigenvalue weighted by molar-refractivity contribution is -0.131. The SMILES string of the molecule is Cc1cc(C(=O)NCC(=O)N2CCN(Cc3ccccc3Cl)CC2)n(C)n1. The van der Waals surface area contributed by atoms with E-state index in [0.29, 0.717) is 18.8 Å². The van der Waals surface area contributed by atoms with E-state index in [9.17, 15) is 9.59 Å². The third-order valence-electron chi connectivity index (χ3n) is 4.71. The summed E-state index contributed by atoms with van der Waals surface area (Å²) in [7, 11) is 1.71. The van der Waals surface area contributed by atoms with Crippen molar-refractivity contribution in [1.82, 2.24) is 24.9 Å². The summed E-state index contributed by atoms with van der Waals surface area (Å²) in [6, 6.07) is 9.52. The summed E-state index contributed by atoms with van der Waals surface area (Å²) in [5.41, 5.74) is 2.31. The standard InChI is InChI=1S/C19H24ClN5O2/c1-14-11-17(23(2)22-14)19(27)21-12-18(26)25-9-7-24(8-10-25)13-15-5-3-4-6-16(15)20/h3-6,11H,7-10,12-13H2,1-2H3,(H,21,27). The number of piperazine rings is 1. The summed E-state index contributed by atoms with van der Waals surface area (Å²) in [5, 5.41) is 7.60. The third-order valence-corrected chi connectivity index (χ3v) is 5.08. The topological polar surface area (TPSA) is 70.5 Å². The number of amides is 2. The van der Waals surface area contributed by atoms with Crippen molar-refractivity contribution in [3.63, 3.8) is 0 Å². The van der Waals surface area contributed by atoms with E-state index >= 15 is 0 Å². The number of nitrogens with one attached hydrogen (secondary N) is 1. The molecule has 0 unspecified atom stereocenters. The third kappa shape index (κ3) is 4.87. The highest BCUT2D eigenvalue weighted by Crippen LogP contribution is 2.17. The number of hydrogen-bond acceptors (Lipinski definition) is 4. The minimum atomic E-state index is -0.288. The predicted octanol–water partition coefficient (Wildman–Crippen LogP) is 1.46. The van der Waals surface area contributed by atoms with Gasteiger partial charge in [-0.2, -0.15) is 5.10 Å². The van der Waals surface area contributed by atoms with E-state index in [-0.39, 0.29) is 18.4 Å². The number of carbonyl (C=O) groups is 2. The first-order valence-electron chi connectivity index (χ1n) is 8.96. The Balaban J connectivity index is 1.45. The van der Waals surface area contributed by atoms with E-state index in [2.05, 4.69) is 15.3 Å². The minimum Gasteiger partial charge on any atom is -0.342 e. The van der Waals surface area contributed by atoms with Gasteiger partial charge < -0.3 is 10.2 Å². The average Bonchev–Trinajstić information content (AvgIpc) is 3.00. The lowest BCUT2D eigenvalue weighted by Gasteiger charge is -2.35. The van der Waals surface area contributed by atoms with Crippen molar-refractivity contribution in [2.45, 2.75) is 13.5 Å². The Hall–Kier alpha value is -2.38. The molecule has 0 aliphatic carbocycles. The molecule has 1 fully saturated rings. The molecule has 0 radical (unpaired) electrons. The van der Waals surface area contributed by atoms with Gasteiger partial charge in [0, 0.05) is 44.8 Å². The van der Waals surface area contributed by atoms with Crippen LogP contribution in [-0.2, 0) is 18.4 Å². The molecule has 0 spiro atoms. The number of hydrogen-bond donors (Lipinski definition) is 1.